The van der Waals surface area contributed by atoms with Gasteiger partial charge in [0, 0.05) is 18.7 Å². The van der Waals surface area contributed by atoms with E-state index in [9.17, 15) is 0 Å². The van der Waals surface area contributed by atoms with Gasteiger partial charge in [-0.15, -0.1) is 0 Å². The molecule has 0 radical (unpaired) electrons. The van der Waals surface area contributed by atoms with E-state index in [1.54, 1.807) is 0 Å². The summed E-state index contributed by atoms with van der Waals surface area (Å²) in [5.41, 5.74) is 1.33. The molecule has 3 rings (SSSR count). The van der Waals surface area contributed by atoms with Crippen molar-refractivity contribution >= 4 is 0 Å². The van der Waals surface area contributed by atoms with Crippen LogP contribution < -0.4 is 5.32 Å². The number of nitrogens with zero attached hydrogens (tertiary/aromatic N) is 2. The highest BCUT2D eigenvalue weighted by molar-refractivity contribution is 5.09. The summed E-state index contributed by atoms with van der Waals surface area (Å²) < 4.78 is 2.42. The average Bonchev–Trinajstić information content (AvgIpc) is 2.74. The molecule has 1 unspecified atom stereocenters. The van der Waals surface area contributed by atoms with Crippen molar-refractivity contribution in [1.29, 1.82) is 0 Å². The number of fused-ring (bicyclic) bond motifs is 1. The summed E-state index contributed by atoms with van der Waals surface area (Å²) >= 11 is 0. The van der Waals surface area contributed by atoms with Crippen LogP contribution in [-0.4, -0.2) is 22.6 Å². The molecule has 1 aromatic heterocycles. The Kier molecular flexibility index (Phi) is 3.19. The van der Waals surface area contributed by atoms with Crippen LogP contribution in [0.3, 0.4) is 0 Å². The van der Waals surface area contributed by atoms with Crippen molar-refractivity contribution in [3.63, 3.8) is 0 Å². The highest BCUT2D eigenvalue weighted by Gasteiger charge is 2.20. The van der Waals surface area contributed by atoms with Crippen molar-refractivity contribution in [2.24, 2.45) is 5.92 Å². The van der Waals surface area contributed by atoms with Gasteiger partial charge in [-0.3, -0.25) is 0 Å². The minimum absolute atomic E-state index is 0.660. The number of aromatic nitrogens is 2. The van der Waals surface area contributed by atoms with E-state index < -0.39 is 0 Å². The minimum Gasteiger partial charge on any atom is -0.332 e. The summed E-state index contributed by atoms with van der Waals surface area (Å²) in [6.45, 7) is 4.70. The normalized spacial score (nSPS) is 25.8. The fourth-order valence-electron chi connectivity index (χ4n) is 3.23. The molecule has 3 heteroatoms. The van der Waals surface area contributed by atoms with Gasteiger partial charge >= 0.3 is 0 Å². The van der Waals surface area contributed by atoms with E-state index >= 15 is 0 Å². The quantitative estimate of drug-likeness (QED) is 0.849. The zero-order valence-electron chi connectivity index (χ0n) is 10.8. The van der Waals surface area contributed by atoms with Gasteiger partial charge in [0.25, 0.3) is 0 Å². The highest BCUT2D eigenvalue weighted by Crippen LogP contribution is 2.26. The molecule has 0 bridgehead atoms. The van der Waals surface area contributed by atoms with Crippen LogP contribution in [0.1, 0.15) is 50.2 Å². The van der Waals surface area contributed by atoms with E-state index in [4.69, 9.17) is 4.98 Å². The van der Waals surface area contributed by atoms with Crippen molar-refractivity contribution in [3.8, 4) is 0 Å². The summed E-state index contributed by atoms with van der Waals surface area (Å²) in [7, 11) is 0. The summed E-state index contributed by atoms with van der Waals surface area (Å²) in [5, 5.41) is 3.43. The summed E-state index contributed by atoms with van der Waals surface area (Å²) in [5.74, 6) is 2.18. The number of hydrogen-bond acceptors (Lipinski definition) is 2. The Morgan fingerprint density at radius 3 is 2.94 bits per heavy atom. The lowest BCUT2D eigenvalue weighted by Crippen LogP contribution is -2.28. The van der Waals surface area contributed by atoms with Gasteiger partial charge in [-0.1, -0.05) is 0 Å². The topological polar surface area (TPSA) is 29.9 Å². The zero-order valence-corrected chi connectivity index (χ0v) is 10.8. The minimum atomic E-state index is 0.660. The molecule has 0 spiro atoms. The molecular weight excluding hydrogens is 210 g/mol. The third-order valence-electron chi connectivity index (χ3n) is 4.31. The van der Waals surface area contributed by atoms with Crippen molar-refractivity contribution in [3.05, 3.63) is 17.7 Å². The first-order valence-electron chi connectivity index (χ1n) is 7.10. The maximum Gasteiger partial charge on any atom is 0.109 e. The monoisotopic (exact) mass is 233 g/mol. The molecule has 0 amide bonds. The van der Waals surface area contributed by atoms with Crippen LogP contribution in [0.2, 0.25) is 0 Å². The Labute approximate surface area is 104 Å². The molecule has 1 fully saturated rings. The molecule has 1 saturated heterocycles. The fraction of sp³-hybridized carbons (Fsp3) is 0.786. The number of piperidine rings is 1. The molecule has 3 heterocycles. The maximum atomic E-state index is 4.84. The van der Waals surface area contributed by atoms with Crippen LogP contribution in [-0.2, 0) is 12.8 Å². The van der Waals surface area contributed by atoms with Crippen molar-refractivity contribution < 1.29 is 0 Å². The zero-order chi connectivity index (χ0) is 11.7. The lowest BCUT2D eigenvalue weighted by molar-refractivity contribution is 0.370. The van der Waals surface area contributed by atoms with Gasteiger partial charge in [0.2, 0.25) is 0 Å². The summed E-state index contributed by atoms with van der Waals surface area (Å²) in [6.07, 6.45) is 9.95. The number of aryl methyl sites for hydroxylation is 1. The molecule has 2 aliphatic heterocycles. The molecule has 2 aliphatic rings. The molecule has 3 nitrogen and oxygen atoms in total. The number of imidazole rings is 1. The van der Waals surface area contributed by atoms with Crippen LogP contribution in [0.5, 0.6) is 0 Å². The molecule has 1 atom stereocenters. The number of rotatable bonds is 2. The second-order valence-electron chi connectivity index (χ2n) is 5.69. The molecule has 1 N–H and O–H groups in total. The van der Waals surface area contributed by atoms with Gasteiger partial charge in [-0.05, 0) is 58.0 Å². The first-order valence-corrected chi connectivity index (χ1v) is 7.10. The lowest BCUT2D eigenvalue weighted by atomic mass is 9.93. The van der Waals surface area contributed by atoms with Crippen molar-refractivity contribution in [1.82, 2.24) is 14.9 Å². The Balaban J connectivity index is 1.71. The largest absolute Gasteiger partial charge is 0.332 e. The smallest absolute Gasteiger partial charge is 0.109 e. The molecule has 0 aromatic carbocycles. The van der Waals surface area contributed by atoms with Gasteiger partial charge in [-0.25, -0.2) is 4.98 Å². The van der Waals surface area contributed by atoms with Crippen LogP contribution >= 0.6 is 0 Å². The van der Waals surface area contributed by atoms with E-state index in [-0.39, 0.29) is 0 Å². The molecule has 94 valence electrons. The maximum absolute atomic E-state index is 4.84. The SMILES string of the molecule is CC1CCCc2nc(CC3CCNCC3)cn21. The van der Waals surface area contributed by atoms with Gasteiger partial charge < -0.3 is 9.88 Å². The fourth-order valence-corrected chi connectivity index (χ4v) is 3.23. The van der Waals surface area contributed by atoms with E-state index in [1.165, 1.54) is 63.1 Å². The van der Waals surface area contributed by atoms with E-state index in [1.807, 2.05) is 0 Å². The first-order chi connectivity index (χ1) is 8.33. The Bertz CT molecular complexity index is 377. The predicted molar refractivity (Wildman–Crippen MR) is 69.2 cm³/mol. The molecule has 0 aliphatic carbocycles. The highest BCUT2D eigenvalue weighted by atomic mass is 15.1. The van der Waals surface area contributed by atoms with Gasteiger partial charge in [0.05, 0.1) is 5.69 Å². The van der Waals surface area contributed by atoms with Crippen LogP contribution in [0.25, 0.3) is 0 Å². The molecular formula is C14H23N3. The Morgan fingerprint density at radius 1 is 1.35 bits per heavy atom. The average molecular weight is 233 g/mol. The summed E-state index contributed by atoms with van der Waals surface area (Å²) in [6, 6.07) is 0.660. The third kappa shape index (κ3) is 2.39. The lowest BCUT2D eigenvalue weighted by Gasteiger charge is -2.21. The standard InChI is InChI=1S/C14H23N3/c1-11-3-2-4-14-16-13(10-17(11)14)9-12-5-7-15-8-6-12/h10-12,15H,2-9H2,1H3. The first kappa shape index (κ1) is 11.3. The predicted octanol–water partition coefficient (Wildman–Crippen LogP) is 2.32. The van der Waals surface area contributed by atoms with Gasteiger partial charge in [-0.2, -0.15) is 0 Å². The Morgan fingerprint density at radius 2 is 2.18 bits per heavy atom. The van der Waals surface area contributed by atoms with Crippen molar-refractivity contribution in [2.75, 3.05) is 13.1 Å². The summed E-state index contributed by atoms with van der Waals surface area (Å²) in [4.78, 5) is 4.84. The number of nitrogens with one attached hydrogen (secondary N) is 1. The molecule has 17 heavy (non-hydrogen) atoms. The van der Waals surface area contributed by atoms with Crippen LogP contribution in [0.15, 0.2) is 6.20 Å². The van der Waals surface area contributed by atoms with Crippen molar-refractivity contribution in [2.45, 2.75) is 51.5 Å². The van der Waals surface area contributed by atoms with Gasteiger partial charge in [0.1, 0.15) is 5.82 Å². The van der Waals surface area contributed by atoms with Crippen LogP contribution in [0, 0.1) is 5.92 Å². The van der Waals surface area contributed by atoms with E-state index in [0.29, 0.717) is 6.04 Å². The van der Waals surface area contributed by atoms with E-state index in [2.05, 4.69) is 23.0 Å². The second-order valence-corrected chi connectivity index (χ2v) is 5.69. The number of hydrogen-bond donors (Lipinski definition) is 1. The van der Waals surface area contributed by atoms with E-state index in [0.717, 1.165) is 5.92 Å². The second kappa shape index (κ2) is 4.81. The molecule has 1 aromatic rings. The third-order valence-corrected chi connectivity index (χ3v) is 4.31. The van der Waals surface area contributed by atoms with Crippen LogP contribution in [0.4, 0.5) is 0 Å². The Hall–Kier alpha value is -0.830. The molecule has 0 saturated carbocycles. The van der Waals surface area contributed by atoms with Gasteiger partial charge in [0.15, 0.2) is 0 Å².